The van der Waals surface area contributed by atoms with E-state index in [0.717, 1.165) is 60.8 Å². The molecule has 1 heteroatoms. The largest absolute Gasteiger partial charge is 0.264 e. The quantitative estimate of drug-likeness (QED) is 0.141. The summed E-state index contributed by atoms with van der Waals surface area (Å²) in [5.41, 5.74) is 12.8. The van der Waals surface area contributed by atoms with Crippen LogP contribution in [0.4, 0.5) is 0 Å². The summed E-state index contributed by atoms with van der Waals surface area (Å²) >= 11 is 0. The first-order chi connectivity index (χ1) is 22.1. The molecule has 0 bridgehead atoms. The summed E-state index contributed by atoms with van der Waals surface area (Å²) in [7, 11) is 0. The van der Waals surface area contributed by atoms with Crippen LogP contribution in [0.3, 0.4) is 0 Å². The Morgan fingerprint density at radius 2 is 1.71 bits per heavy atom. The van der Waals surface area contributed by atoms with Gasteiger partial charge in [-0.05, 0) is 112 Å². The number of fused-ring (bicyclic) bond motifs is 1. The molecule has 3 aromatic carbocycles. The normalized spacial score (nSPS) is 18.8. The molecule has 2 aliphatic rings. The summed E-state index contributed by atoms with van der Waals surface area (Å²) in [4.78, 5) is 4.61. The standard InChI is InChI=1S/C44H41N/c1-4-5-18-35-19-12-13-25-40(35)34(3)33(2)36-20-15-21-37(31-36)41-27-16-28-43-42(41)26-11-6-7-14-29-44(43,38-22-9-8-10-23-38)39-24-17-30-45-32-39/h4,6-7,9,11-17,19-25,27-28,30-32H,1-3,5,8,10,18,26,29H2/b11-6-,14-7-. The van der Waals surface area contributed by atoms with Gasteiger partial charge in [-0.2, -0.15) is 0 Å². The highest BCUT2D eigenvalue weighted by atomic mass is 14.6. The third-order valence-electron chi connectivity index (χ3n) is 9.25. The second kappa shape index (κ2) is 13.7. The lowest BCUT2D eigenvalue weighted by molar-refractivity contribution is 0.611. The molecule has 2 aliphatic carbocycles. The molecule has 1 heterocycles. The van der Waals surface area contributed by atoms with E-state index in [4.69, 9.17) is 0 Å². The maximum absolute atomic E-state index is 4.61. The number of benzene rings is 3. The topological polar surface area (TPSA) is 12.9 Å². The molecule has 1 aromatic heterocycles. The Balaban J connectivity index is 1.47. The van der Waals surface area contributed by atoms with Crippen molar-refractivity contribution in [2.75, 3.05) is 0 Å². The summed E-state index contributed by atoms with van der Waals surface area (Å²) in [5.74, 6) is 0. The number of allylic oxidation sites excluding steroid dienone is 11. The van der Waals surface area contributed by atoms with Gasteiger partial charge in [-0.1, -0.05) is 128 Å². The number of hydrogen-bond donors (Lipinski definition) is 0. The van der Waals surface area contributed by atoms with E-state index in [1.54, 1.807) is 0 Å². The fourth-order valence-corrected chi connectivity index (χ4v) is 6.93. The molecule has 0 saturated carbocycles. The van der Waals surface area contributed by atoms with Gasteiger partial charge in [-0.15, -0.1) is 6.58 Å². The maximum Gasteiger partial charge on any atom is 0.0500 e. The zero-order valence-corrected chi connectivity index (χ0v) is 26.1. The number of nitrogens with zero attached hydrogens (tertiary/aromatic N) is 1. The van der Waals surface area contributed by atoms with Crippen LogP contribution in [0.15, 0.2) is 165 Å². The first kappa shape index (κ1) is 30.0. The highest BCUT2D eigenvalue weighted by Crippen LogP contribution is 2.48. The van der Waals surface area contributed by atoms with Crippen LogP contribution in [0.25, 0.3) is 22.3 Å². The van der Waals surface area contributed by atoms with Crippen LogP contribution in [0.5, 0.6) is 0 Å². The highest BCUT2D eigenvalue weighted by molar-refractivity contribution is 6.04. The molecular weight excluding hydrogens is 542 g/mol. The zero-order valence-electron chi connectivity index (χ0n) is 26.1. The van der Waals surface area contributed by atoms with Gasteiger partial charge in [0.15, 0.2) is 0 Å². The van der Waals surface area contributed by atoms with Crippen LogP contribution in [-0.4, -0.2) is 4.98 Å². The molecule has 0 amide bonds. The molecule has 222 valence electrons. The molecule has 1 nitrogen and oxygen atoms in total. The lowest BCUT2D eigenvalue weighted by Gasteiger charge is -2.38. The molecule has 0 radical (unpaired) electrons. The highest BCUT2D eigenvalue weighted by Gasteiger charge is 2.39. The van der Waals surface area contributed by atoms with Gasteiger partial charge < -0.3 is 0 Å². The van der Waals surface area contributed by atoms with Crippen molar-refractivity contribution in [3.05, 3.63) is 199 Å². The second-order valence-electron chi connectivity index (χ2n) is 11.9. The number of rotatable bonds is 9. The van der Waals surface area contributed by atoms with Gasteiger partial charge in [0.05, 0.1) is 5.41 Å². The number of pyridine rings is 1. The minimum absolute atomic E-state index is 0.344. The second-order valence-corrected chi connectivity index (χ2v) is 11.9. The van der Waals surface area contributed by atoms with Gasteiger partial charge >= 0.3 is 0 Å². The Bertz CT molecular complexity index is 1850. The van der Waals surface area contributed by atoms with Crippen molar-refractivity contribution < 1.29 is 0 Å². The lowest BCUT2D eigenvalue weighted by Crippen LogP contribution is -2.31. The van der Waals surface area contributed by atoms with Crippen LogP contribution in [0, 0.1) is 0 Å². The molecule has 6 rings (SSSR count). The van der Waals surface area contributed by atoms with E-state index in [-0.39, 0.29) is 5.41 Å². The fraction of sp³-hybridized carbons (Fsp3) is 0.159. The number of aryl methyl sites for hydroxylation is 1. The third-order valence-corrected chi connectivity index (χ3v) is 9.25. The van der Waals surface area contributed by atoms with Gasteiger partial charge in [0.1, 0.15) is 0 Å². The van der Waals surface area contributed by atoms with Crippen molar-refractivity contribution in [1.29, 1.82) is 0 Å². The van der Waals surface area contributed by atoms with Gasteiger partial charge in [-0.3, -0.25) is 4.98 Å². The van der Waals surface area contributed by atoms with E-state index in [0.29, 0.717) is 0 Å². The van der Waals surface area contributed by atoms with Crippen LogP contribution in [0.2, 0.25) is 0 Å². The van der Waals surface area contributed by atoms with Gasteiger partial charge in [0, 0.05) is 12.4 Å². The van der Waals surface area contributed by atoms with Gasteiger partial charge in [0.2, 0.25) is 0 Å². The summed E-state index contributed by atoms with van der Waals surface area (Å²) in [6, 6.07) is 28.5. The summed E-state index contributed by atoms with van der Waals surface area (Å²) < 4.78 is 0. The Kier molecular flexibility index (Phi) is 9.17. The Labute approximate surface area is 269 Å². The van der Waals surface area contributed by atoms with Crippen LogP contribution in [0.1, 0.15) is 59.1 Å². The number of hydrogen-bond acceptors (Lipinski definition) is 1. The van der Waals surface area contributed by atoms with Crippen molar-refractivity contribution in [2.45, 2.75) is 43.9 Å². The molecular formula is C44H41N. The van der Waals surface area contributed by atoms with E-state index >= 15 is 0 Å². The third kappa shape index (κ3) is 6.04. The summed E-state index contributed by atoms with van der Waals surface area (Å²) in [6.07, 6.45) is 27.7. The van der Waals surface area contributed by atoms with Crippen molar-refractivity contribution in [3.8, 4) is 11.1 Å². The van der Waals surface area contributed by atoms with Crippen LogP contribution >= 0.6 is 0 Å². The molecule has 0 N–H and O–H groups in total. The predicted molar refractivity (Wildman–Crippen MR) is 193 cm³/mol. The molecule has 0 fully saturated rings. The van der Waals surface area contributed by atoms with Crippen LogP contribution in [-0.2, 0) is 18.3 Å². The smallest absolute Gasteiger partial charge is 0.0500 e. The van der Waals surface area contributed by atoms with E-state index in [1.165, 1.54) is 39.0 Å². The molecule has 0 saturated heterocycles. The summed E-state index contributed by atoms with van der Waals surface area (Å²) in [6.45, 7) is 13.0. The van der Waals surface area contributed by atoms with Crippen molar-refractivity contribution in [2.24, 2.45) is 0 Å². The molecule has 1 unspecified atom stereocenters. The SMILES string of the molecule is C=CCCc1ccccc1C(=C)C(=C)c1cccc(-c2cccc3c2C/C=C\C=C/CC3(C2=CCCC=C2)c2cccnc2)c1. The van der Waals surface area contributed by atoms with E-state index in [2.05, 4.69) is 152 Å². The summed E-state index contributed by atoms with van der Waals surface area (Å²) in [5, 5.41) is 0. The van der Waals surface area contributed by atoms with E-state index < -0.39 is 0 Å². The molecule has 0 spiro atoms. The molecule has 4 aromatic rings. The molecule has 0 aliphatic heterocycles. The van der Waals surface area contributed by atoms with Crippen LogP contribution < -0.4 is 0 Å². The minimum Gasteiger partial charge on any atom is -0.264 e. The Hall–Kier alpha value is -5.01. The minimum atomic E-state index is -0.344. The van der Waals surface area contributed by atoms with Gasteiger partial charge in [0.25, 0.3) is 0 Å². The van der Waals surface area contributed by atoms with E-state index in [9.17, 15) is 0 Å². The predicted octanol–water partition coefficient (Wildman–Crippen LogP) is 11.2. The molecule has 45 heavy (non-hydrogen) atoms. The van der Waals surface area contributed by atoms with Crippen molar-refractivity contribution in [3.63, 3.8) is 0 Å². The Morgan fingerprint density at radius 1 is 0.844 bits per heavy atom. The average molecular weight is 584 g/mol. The zero-order chi connectivity index (χ0) is 31.1. The lowest BCUT2D eigenvalue weighted by atomic mass is 9.64. The fourth-order valence-electron chi connectivity index (χ4n) is 6.93. The monoisotopic (exact) mass is 583 g/mol. The van der Waals surface area contributed by atoms with Gasteiger partial charge in [-0.25, -0.2) is 0 Å². The van der Waals surface area contributed by atoms with Crippen molar-refractivity contribution >= 4 is 11.1 Å². The number of aromatic nitrogens is 1. The maximum atomic E-state index is 4.61. The van der Waals surface area contributed by atoms with E-state index in [1.807, 2.05) is 12.3 Å². The first-order valence-corrected chi connectivity index (χ1v) is 16.0. The Morgan fingerprint density at radius 3 is 2.53 bits per heavy atom. The molecule has 1 atom stereocenters. The first-order valence-electron chi connectivity index (χ1n) is 16.0. The van der Waals surface area contributed by atoms with Crippen molar-refractivity contribution in [1.82, 2.24) is 4.98 Å². The average Bonchev–Trinajstić information content (AvgIpc) is 3.20.